The summed E-state index contributed by atoms with van der Waals surface area (Å²) < 4.78 is 17.4. The average molecular weight is 362 g/mol. The summed E-state index contributed by atoms with van der Waals surface area (Å²) >= 11 is 1.65. The summed E-state index contributed by atoms with van der Waals surface area (Å²) in [5, 5.41) is 3.10. The molecule has 0 amide bonds. The zero-order valence-corrected chi connectivity index (χ0v) is 15.6. The van der Waals surface area contributed by atoms with Crippen LogP contribution in [0.4, 0.5) is 0 Å². The van der Waals surface area contributed by atoms with Gasteiger partial charge in [-0.15, -0.1) is 11.3 Å². The van der Waals surface area contributed by atoms with E-state index in [1.54, 1.807) is 11.3 Å². The van der Waals surface area contributed by atoms with Crippen molar-refractivity contribution in [3.63, 3.8) is 0 Å². The van der Waals surface area contributed by atoms with Crippen LogP contribution in [0, 0.1) is 6.92 Å². The van der Waals surface area contributed by atoms with Crippen molar-refractivity contribution in [1.29, 1.82) is 0 Å². The normalized spacial score (nSPS) is 23.8. The lowest BCUT2D eigenvalue weighted by atomic mass is 10.2. The summed E-state index contributed by atoms with van der Waals surface area (Å²) in [6.07, 6.45) is 5.39. The van der Waals surface area contributed by atoms with Gasteiger partial charge in [-0.1, -0.05) is 0 Å². The fraction of sp³-hybridized carbons (Fsp3) is 0.632. The molecule has 0 N–H and O–H groups in total. The molecule has 0 unspecified atom stereocenters. The lowest BCUT2D eigenvalue weighted by Crippen LogP contribution is -2.37. The van der Waals surface area contributed by atoms with Gasteiger partial charge in [-0.2, -0.15) is 0 Å². The Morgan fingerprint density at radius 2 is 1.84 bits per heavy atom. The van der Waals surface area contributed by atoms with E-state index in [1.165, 1.54) is 12.8 Å². The van der Waals surface area contributed by atoms with Crippen LogP contribution in [-0.2, 0) is 16.0 Å². The highest BCUT2D eigenvalue weighted by Crippen LogP contribution is 2.26. The molecule has 25 heavy (non-hydrogen) atoms. The quantitative estimate of drug-likeness (QED) is 0.748. The van der Waals surface area contributed by atoms with Crippen molar-refractivity contribution >= 4 is 11.3 Å². The summed E-state index contributed by atoms with van der Waals surface area (Å²) in [5.41, 5.74) is 1.10. The number of aromatic nitrogens is 1. The van der Waals surface area contributed by atoms with Gasteiger partial charge in [0.1, 0.15) is 5.76 Å². The predicted molar refractivity (Wildman–Crippen MR) is 97.8 cm³/mol. The van der Waals surface area contributed by atoms with Gasteiger partial charge in [0, 0.05) is 38.2 Å². The zero-order valence-electron chi connectivity index (χ0n) is 14.8. The van der Waals surface area contributed by atoms with Gasteiger partial charge in [-0.05, 0) is 44.7 Å². The van der Waals surface area contributed by atoms with E-state index in [0.717, 1.165) is 67.9 Å². The van der Waals surface area contributed by atoms with Gasteiger partial charge in [0.05, 0.1) is 17.9 Å². The third-order valence-electron chi connectivity index (χ3n) is 4.86. The van der Waals surface area contributed by atoms with Crippen LogP contribution < -0.4 is 0 Å². The van der Waals surface area contributed by atoms with Crippen molar-refractivity contribution in [2.45, 2.75) is 51.4 Å². The molecule has 4 heterocycles. The van der Waals surface area contributed by atoms with E-state index in [4.69, 9.17) is 18.9 Å². The fourth-order valence-electron chi connectivity index (χ4n) is 3.63. The Hall–Kier alpha value is -1.21. The molecule has 0 aromatic carbocycles. The third kappa shape index (κ3) is 4.50. The standard InChI is InChI=1S/C19H26N2O3S/c1-14-6-7-18(24-14)19-20-15(13-25-19)10-21(11-16-4-2-8-22-16)12-17-5-3-9-23-17/h6-7,13,16-17H,2-5,8-12H2,1H3/t16-,17-/m0/s1. The van der Waals surface area contributed by atoms with Crippen LogP contribution in [0.15, 0.2) is 21.9 Å². The number of furan rings is 1. The van der Waals surface area contributed by atoms with Gasteiger partial charge < -0.3 is 13.9 Å². The number of hydrogen-bond acceptors (Lipinski definition) is 6. The van der Waals surface area contributed by atoms with E-state index in [2.05, 4.69) is 10.3 Å². The van der Waals surface area contributed by atoms with Gasteiger partial charge in [0.15, 0.2) is 10.8 Å². The van der Waals surface area contributed by atoms with Crippen molar-refractivity contribution in [3.05, 3.63) is 29.0 Å². The maximum absolute atomic E-state index is 5.85. The SMILES string of the molecule is Cc1ccc(-c2nc(CN(C[C@@H]3CCCO3)C[C@@H]3CCCO3)cs2)o1. The average Bonchev–Trinajstić information content (AvgIpc) is 3.34. The second kappa shape index (κ2) is 7.99. The van der Waals surface area contributed by atoms with Crippen LogP contribution >= 0.6 is 11.3 Å². The van der Waals surface area contributed by atoms with Crippen LogP contribution in [0.2, 0.25) is 0 Å². The fourth-order valence-corrected chi connectivity index (χ4v) is 4.40. The first kappa shape index (κ1) is 17.2. The molecule has 0 aliphatic carbocycles. The minimum atomic E-state index is 0.354. The lowest BCUT2D eigenvalue weighted by Gasteiger charge is -2.26. The Labute approximate surface area is 152 Å². The van der Waals surface area contributed by atoms with Crippen molar-refractivity contribution in [1.82, 2.24) is 9.88 Å². The number of hydrogen-bond donors (Lipinski definition) is 0. The van der Waals surface area contributed by atoms with Crippen molar-refractivity contribution in [2.75, 3.05) is 26.3 Å². The van der Waals surface area contributed by atoms with Gasteiger partial charge in [-0.25, -0.2) is 4.98 Å². The highest BCUT2D eigenvalue weighted by molar-refractivity contribution is 7.13. The molecule has 2 saturated heterocycles. The molecular weight excluding hydrogens is 336 g/mol. The minimum Gasteiger partial charge on any atom is -0.459 e. The summed E-state index contributed by atoms with van der Waals surface area (Å²) in [5.74, 6) is 1.78. The van der Waals surface area contributed by atoms with E-state index < -0.39 is 0 Å². The molecule has 6 heteroatoms. The van der Waals surface area contributed by atoms with Crippen molar-refractivity contribution in [2.24, 2.45) is 0 Å². The Morgan fingerprint density at radius 3 is 2.40 bits per heavy atom. The molecular formula is C19H26N2O3S. The van der Waals surface area contributed by atoms with Crippen molar-refractivity contribution < 1.29 is 13.9 Å². The van der Waals surface area contributed by atoms with E-state index in [9.17, 15) is 0 Å². The number of ether oxygens (including phenoxy) is 2. The summed E-state index contributed by atoms with van der Waals surface area (Å²) in [4.78, 5) is 7.24. The first-order valence-corrected chi connectivity index (χ1v) is 10.1. The van der Waals surface area contributed by atoms with Crippen LogP contribution in [0.25, 0.3) is 10.8 Å². The van der Waals surface area contributed by atoms with Crippen LogP contribution in [-0.4, -0.2) is 48.4 Å². The zero-order chi connectivity index (χ0) is 17.1. The molecule has 136 valence electrons. The molecule has 2 atom stereocenters. The molecule has 0 radical (unpaired) electrons. The number of thiazole rings is 1. The topological polar surface area (TPSA) is 47.7 Å². The third-order valence-corrected chi connectivity index (χ3v) is 5.77. The lowest BCUT2D eigenvalue weighted by molar-refractivity contribution is 0.0342. The predicted octanol–water partition coefficient (Wildman–Crippen LogP) is 3.87. The smallest absolute Gasteiger partial charge is 0.162 e. The first-order chi connectivity index (χ1) is 12.3. The molecule has 5 nitrogen and oxygen atoms in total. The highest BCUT2D eigenvalue weighted by Gasteiger charge is 2.24. The molecule has 2 fully saturated rings. The summed E-state index contributed by atoms with van der Waals surface area (Å²) in [6, 6.07) is 3.98. The van der Waals surface area contributed by atoms with Crippen LogP contribution in [0.1, 0.15) is 37.1 Å². The van der Waals surface area contributed by atoms with E-state index >= 15 is 0 Å². The molecule has 0 saturated carbocycles. The van der Waals surface area contributed by atoms with E-state index in [1.807, 2.05) is 19.1 Å². The number of nitrogens with zero attached hydrogens (tertiary/aromatic N) is 2. The van der Waals surface area contributed by atoms with Crippen LogP contribution in [0.5, 0.6) is 0 Å². The molecule has 2 aromatic rings. The molecule has 2 aliphatic rings. The Morgan fingerprint density at radius 1 is 1.12 bits per heavy atom. The number of rotatable bonds is 7. The largest absolute Gasteiger partial charge is 0.459 e. The minimum absolute atomic E-state index is 0.354. The second-order valence-electron chi connectivity index (χ2n) is 7.02. The summed E-state index contributed by atoms with van der Waals surface area (Å²) in [6.45, 7) is 6.53. The van der Waals surface area contributed by atoms with Gasteiger partial charge in [0.25, 0.3) is 0 Å². The second-order valence-corrected chi connectivity index (χ2v) is 7.88. The molecule has 0 spiro atoms. The van der Waals surface area contributed by atoms with Crippen LogP contribution in [0.3, 0.4) is 0 Å². The van der Waals surface area contributed by atoms with Crippen molar-refractivity contribution in [3.8, 4) is 10.8 Å². The molecule has 2 aliphatic heterocycles. The van der Waals surface area contributed by atoms with Gasteiger partial charge >= 0.3 is 0 Å². The van der Waals surface area contributed by atoms with Gasteiger partial charge in [-0.3, -0.25) is 4.90 Å². The van der Waals surface area contributed by atoms with E-state index in [-0.39, 0.29) is 0 Å². The maximum atomic E-state index is 5.85. The Bertz CT molecular complexity index is 654. The monoisotopic (exact) mass is 362 g/mol. The first-order valence-electron chi connectivity index (χ1n) is 9.23. The Balaban J connectivity index is 1.42. The molecule has 4 rings (SSSR count). The highest BCUT2D eigenvalue weighted by atomic mass is 32.1. The molecule has 2 aromatic heterocycles. The Kier molecular flexibility index (Phi) is 5.51. The maximum Gasteiger partial charge on any atom is 0.162 e. The summed E-state index contributed by atoms with van der Waals surface area (Å²) in [7, 11) is 0. The molecule has 0 bridgehead atoms. The van der Waals surface area contributed by atoms with Gasteiger partial charge in [0.2, 0.25) is 0 Å². The number of aryl methyl sites for hydroxylation is 1. The van der Waals surface area contributed by atoms with E-state index in [0.29, 0.717) is 12.2 Å².